The maximum Gasteiger partial charge on any atom is 0.262 e. The van der Waals surface area contributed by atoms with Gasteiger partial charge in [0, 0.05) is 5.92 Å². The van der Waals surface area contributed by atoms with E-state index < -0.39 is 15.8 Å². The van der Waals surface area contributed by atoms with Crippen molar-refractivity contribution in [3.8, 4) is 10.4 Å². The van der Waals surface area contributed by atoms with Crippen LogP contribution in [-0.2, 0) is 14.8 Å². The Labute approximate surface area is 201 Å². The molecule has 1 heterocycles. The van der Waals surface area contributed by atoms with Crippen molar-refractivity contribution in [2.24, 2.45) is 5.92 Å². The summed E-state index contributed by atoms with van der Waals surface area (Å²) in [5.41, 5.74) is 2.00. The van der Waals surface area contributed by atoms with Crippen LogP contribution >= 0.6 is 22.9 Å². The maximum atomic E-state index is 13.3. The number of aryl methyl sites for hydroxylation is 2. The van der Waals surface area contributed by atoms with Crippen LogP contribution in [0, 0.1) is 25.6 Å². The number of rotatable bonds is 6. The number of carbonyl (C=O) groups excluding carboxylic acids is 1. The lowest BCUT2D eigenvalue weighted by molar-refractivity contribution is -0.119. The van der Waals surface area contributed by atoms with Gasteiger partial charge < -0.3 is 5.32 Å². The minimum Gasteiger partial charge on any atom is -0.302 e. The highest BCUT2D eigenvalue weighted by molar-refractivity contribution is 7.92. The summed E-state index contributed by atoms with van der Waals surface area (Å²) in [6.45, 7) is 3.51. The molecule has 4 rings (SSSR count). The van der Waals surface area contributed by atoms with E-state index in [9.17, 15) is 17.6 Å². The van der Waals surface area contributed by atoms with E-state index in [-0.39, 0.29) is 27.4 Å². The van der Waals surface area contributed by atoms with E-state index in [1.54, 1.807) is 19.1 Å². The summed E-state index contributed by atoms with van der Waals surface area (Å²) in [6, 6.07) is 8.56. The predicted molar refractivity (Wildman–Crippen MR) is 130 cm³/mol. The number of amides is 1. The van der Waals surface area contributed by atoms with Crippen LogP contribution in [0.5, 0.6) is 0 Å². The molecule has 3 aromatic rings. The van der Waals surface area contributed by atoms with Crippen molar-refractivity contribution < 1.29 is 17.6 Å². The van der Waals surface area contributed by atoms with Gasteiger partial charge in [0.15, 0.2) is 5.13 Å². The number of sulfonamides is 1. The Hall–Kier alpha value is -2.49. The summed E-state index contributed by atoms with van der Waals surface area (Å²) in [5, 5.41) is 3.37. The number of aromatic nitrogens is 1. The standard InChI is InChI=1S/C23H23ClFN3O3S2/c1-13-7-8-16(11-20(13)33(30,31)28-19-10-9-17(25)12-18(19)24)21-14(2)26-23(32-21)27-22(29)15-5-3-4-6-15/h7-12,15,28H,3-6H2,1-2H3,(H,26,27,29). The van der Waals surface area contributed by atoms with Crippen LogP contribution in [0.2, 0.25) is 5.02 Å². The van der Waals surface area contributed by atoms with Crippen LogP contribution in [0.3, 0.4) is 0 Å². The van der Waals surface area contributed by atoms with E-state index >= 15 is 0 Å². The molecule has 0 radical (unpaired) electrons. The molecule has 0 bridgehead atoms. The minimum atomic E-state index is -3.99. The zero-order valence-corrected chi connectivity index (χ0v) is 20.5. The Morgan fingerprint density at radius 1 is 1.15 bits per heavy atom. The average molecular weight is 508 g/mol. The number of benzene rings is 2. The van der Waals surface area contributed by atoms with Crippen molar-refractivity contribution in [1.82, 2.24) is 4.98 Å². The third kappa shape index (κ3) is 5.20. The molecule has 174 valence electrons. The van der Waals surface area contributed by atoms with E-state index in [1.165, 1.54) is 17.4 Å². The van der Waals surface area contributed by atoms with Gasteiger partial charge in [0.2, 0.25) is 5.91 Å². The first-order valence-electron chi connectivity index (χ1n) is 10.5. The van der Waals surface area contributed by atoms with Crippen molar-refractivity contribution in [1.29, 1.82) is 0 Å². The fraction of sp³-hybridized carbons (Fsp3) is 0.304. The van der Waals surface area contributed by atoms with Gasteiger partial charge in [0.25, 0.3) is 10.0 Å². The number of hydrogen-bond donors (Lipinski definition) is 2. The van der Waals surface area contributed by atoms with Gasteiger partial charge in [0.1, 0.15) is 5.82 Å². The SMILES string of the molecule is Cc1ccc(-c2sc(NC(=O)C3CCCC3)nc2C)cc1S(=O)(=O)Nc1ccc(F)cc1Cl. The van der Waals surface area contributed by atoms with E-state index in [0.29, 0.717) is 22.0 Å². The second kappa shape index (κ2) is 9.40. The van der Waals surface area contributed by atoms with Gasteiger partial charge in [-0.25, -0.2) is 17.8 Å². The summed E-state index contributed by atoms with van der Waals surface area (Å²) in [6.07, 6.45) is 3.93. The lowest BCUT2D eigenvalue weighted by Crippen LogP contribution is -2.20. The highest BCUT2D eigenvalue weighted by Crippen LogP contribution is 2.36. The third-order valence-electron chi connectivity index (χ3n) is 5.67. The van der Waals surface area contributed by atoms with Crippen LogP contribution in [0.25, 0.3) is 10.4 Å². The first-order valence-corrected chi connectivity index (χ1v) is 13.2. The zero-order chi connectivity index (χ0) is 23.8. The molecule has 1 aliphatic carbocycles. The average Bonchev–Trinajstić information content (AvgIpc) is 3.40. The molecule has 6 nitrogen and oxygen atoms in total. The molecular weight excluding hydrogens is 485 g/mol. The molecule has 1 aromatic heterocycles. The number of carbonyl (C=O) groups is 1. The van der Waals surface area contributed by atoms with Crippen molar-refractivity contribution in [2.75, 3.05) is 10.0 Å². The first-order chi connectivity index (χ1) is 15.6. The largest absolute Gasteiger partial charge is 0.302 e. The molecule has 33 heavy (non-hydrogen) atoms. The quantitative estimate of drug-likeness (QED) is 0.419. The number of nitrogens with one attached hydrogen (secondary N) is 2. The number of halogens is 2. The highest BCUT2D eigenvalue weighted by Gasteiger charge is 2.24. The summed E-state index contributed by atoms with van der Waals surface area (Å²) >= 11 is 7.31. The van der Waals surface area contributed by atoms with Crippen molar-refractivity contribution >= 4 is 49.7 Å². The Morgan fingerprint density at radius 3 is 2.58 bits per heavy atom. The van der Waals surface area contributed by atoms with E-state index in [4.69, 9.17) is 11.6 Å². The van der Waals surface area contributed by atoms with Crippen LogP contribution in [0.1, 0.15) is 36.9 Å². The second-order valence-electron chi connectivity index (χ2n) is 8.11. The molecule has 0 saturated heterocycles. The Kier molecular flexibility index (Phi) is 6.74. The van der Waals surface area contributed by atoms with Crippen molar-refractivity contribution in [3.05, 3.63) is 58.5 Å². The van der Waals surface area contributed by atoms with E-state index in [2.05, 4.69) is 15.0 Å². The van der Waals surface area contributed by atoms with Gasteiger partial charge in [-0.05, 0) is 62.1 Å². The lowest BCUT2D eigenvalue weighted by Gasteiger charge is -2.13. The van der Waals surface area contributed by atoms with Crippen LogP contribution in [0.15, 0.2) is 41.3 Å². The molecule has 1 saturated carbocycles. The predicted octanol–water partition coefficient (Wildman–Crippen LogP) is 6.15. The normalized spacial score (nSPS) is 14.4. The fourth-order valence-corrected chi connectivity index (χ4v) is 6.50. The summed E-state index contributed by atoms with van der Waals surface area (Å²) in [7, 11) is -3.99. The number of hydrogen-bond acceptors (Lipinski definition) is 5. The number of thiazole rings is 1. The van der Waals surface area contributed by atoms with Gasteiger partial charge in [-0.1, -0.05) is 47.9 Å². The molecule has 2 aromatic carbocycles. The van der Waals surface area contributed by atoms with Gasteiger partial charge in [-0.3, -0.25) is 9.52 Å². The molecule has 0 atom stereocenters. The van der Waals surface area contributed by atoms with Crippen molar-refractivity contribution in [2.45, 2.75) is 44.4 Å². The monoisotopic (exact) mass is 507 g/mol. The highest BCUT2D eigenvalue weighted by atomic mass is 35.5. The zero-order valence-electron chi connectivity index (χ0n) is 18.1. The van der Waals surface area contributed by atoms with Crippen molar-refractivity contribution in [3.63, 3.8) is 0 Å². The second-order valence-corrected chi connectivity index (χ2v) is 11.2. The molecule has 0 spiro atoms. The van der Waals surface area contributed by atoms with E-state index in [1.807, 2.05) is 13.0 Å². The summed E-state index contributed by atoms with van der Waals surface area (Å²) in [4.78, 5) is 17.8. The lowest BCUT2D eigenvalue weighted by atomic mass is 10.1. The minimum absolute atomic E-state index is 0.0136. The molecular formula is C23H23ClFN3O3S2. The number of nitrogens with zero attached hydrogens (tertiary/aromatic N) is 1. The molecule has 1 fully saturated rings. The molecule has 10 heteroatoms. The van der Waals surface area contributed by atoms with Crippen LogP contribution in [0.4, 0.5) is 15.2 Å². The Balaban J connectivity index is 1.62. The summed E-state index contributed by atoms with van der Waals surface area (Å²) < 4.78 is 41.9. The first kappa shape index (κ1) is 23.7. The van der Waals surface area contributed by atoms with Gasteiger partial charge in [0.05, 0.1) is 26.2 Å². The fourth-order valence-electron chi connectivity index (χ4n) is 3.92. The molecule has 2 N–H and O–H groups in total. The van der Waals surface area contributed by atoms with Gasteiger partial charge >= 0.3 is 0 Å². The van der Waals surface area contributed by atoms with Gasteiger partial charge in [-0.15, -0.1) is 0 Å². The van der Waals surface area contributed by atoms with Crippen LogP contribution in [-0.4, -0.2) is 19.3 Å². The van der Waals surface area contributed by atoms with Gasteiger partial charge in [-0.2, -0.15) is 0 Å². The topological polar surface area (TPSA) is 88.2 Å². The smallest absolute Gasteiger partial charge is 0.262 e. The molecule has 1 amide bonds. The summed E-state index contributed by atoms with van der Waals surface area (Å²) in [5.74, 6) is -0.545. The van der Waals surface area contributed by atoms with Crippen LogP contribution < -0.4 is 10.0 Å². The maximum absolute atomic E-state index is 13.3. The Bertz CT molecular complexity index is 1320. The molecule has 0 aliphatic heterocycles. The molecule has 0 unspecified atom stereocenters. The van der Waals surface area contributed by atoms with E-state index in [0.717, 1.165) is 42.7 Å². The number of anilines is 2. The Morgan fingerprint density at radius 2 is 1.88 bits per heavy atom. The third-order valence-corrected chi connectivity index (χ3v) is 8.61. The molecule has 1 aliphatic rings.